The molecule has 29 heavy (non-hydrogen) atoms. The van der Waals surface area contributed by atoms with E-state index in [9.17, 15) is 9.50 Å². The monoisotopic (exact) mass is 392 g/mol. The molecule has 5 nitrogen and oxygen atoms in total. The number of ether oxygens (including phenoxy) is 1. The van der Waals surface area contributed by atoms with Gasteiger partial charge in [0.1, 0.15) is 30.0 Å². The Morgan fingerprint density at radius 1 is 1.03 bits per heavy atom. The summed E-state index contributed by atoms with van der Waals surface area (Å²) in [6, 6.07) is 21.7. The third-order valence-corrected chi connectivity index (χ3v) is 4.56. The zero-order valence-electron chi connectivity index (χ0n) is 15.7. The highest BCUT2D eigenvalue weighted by Gasteiger charge is 2.11. The zero-order chi connectivity index (χ0) is 20.1. The van der Waals surface area contributed by atoms with E-state index < -0.39 is 6.10 Å². The molecule has 0 aliphatic rings. The minimum Gasteiger partial charge on any atom is -0.491 e. The lowest BCUT2D eigenvalue weighted by molar-refractivity contribution is 0.106. The predicted octanol–water partition coefficient (Wildman–Crippen LogP) is 4.16. The van der Waals surface area contributed by atoms with Crippen LogP contribution in [0, 0.1) is 5.82 Å². The van der Waals surface area contributed by atoms with E-state index in [4.69, 9.17) is 9.26 Å². The van der Waals surface area contributed by atoms with Crippen LogP contribution in [0.25, 0.3) is 22.2 Å². The molecule has 4 rings (SSSR count). The lowest BCUT2D eigenvalue weighted by Gasteiger charge is -2.13. The topological polar surface area (TPSA) is 67.5 Å². The summed E-state index contributed by atoms with van der Waals surface area (Å²) in [5.74, 6) is 0.287. The minimum absolute atomic E-state index is 0.188. The van der Waals surface area contributed by atoms with Crippen molar-refractivity contribution in [2.24, 2.45) is 0 Å². The number of nitrogens with one attached hydrogen (secondary N) is 1. The number of aromatic nitrogens is 1. The molecule has 1 aromatic heterocycles. The van der Waals surface area contributed by atoms with Crippen molar-refractivity contribution in [3.05, 3.63) is 84.2 Å². The Hall–Kier alpha value is -3.22. The van der Waals surface area contributed by atoms with Crippen molar-refractivity contribution in [1.82, 2.24) is 10.5 Å². The Bertz CT molecular complexity index is 1060. The van der Waals surface area contributed by atoms with Gasteiger partial charge in [-0.05, 0) is 42.0 Å². The van der Waals surface area contributed by atoms with Crippen LogP contribution in [0.5, 0.6) is 5.75 Å². The van der Waals surface area contributed by atoms with E-state index in [0.29, 0.717) is 30.1 Å². The van der Waals surface area contributed by atoms with Crippen molar-refractivity contribution >= 4 is 11.0 Å². The van der Waals surface area contributed by atoms with Crippen LogP contribution in [0.15, 0.2) is 77.3 Å². The molecule has 0 radical (unpaired) electrons. The van der Waals surface area contributed by atoms with Crippen molar-refractivity contribution in [2.45, 2.75) is 12.6 Å². The molecule has 2 N–H and O–H groups in total. The van der Waals surface area contributed by atoms with Gasteiger partial charge in [-0.25, -0.2) is 4.39 Å². The van der Waals surface area contributed by atoms with E-state index in [1.165, 1.54) is 17.7 Å². The molecule has 0 aliphatic heterocycles. The zero-order valence-corrected chi connectivity index (χ0v) is 15.7. The van der Waals surface area contributed by atoms with Crippen LogP contribution in [0.1, 0.15) is 5.56 Å². The Kier molecular flexibility index (Phi) is 5.84. The lowest BCUT2D eigenvalue weighted by Crippen LogP contribution is -2.31. The van der Waals surface area contributed by atoms with Crippen LogP contribution in [0.3, 0.4) is 0 Å². The van der Waals surface area contributed by atoms with Crippen LogP contribution in [-0.2, 0) is 6.54 Å². The fourth-order valence-electron chi connectivity index (χ4n) is 3.06. The fraction of sp³-hybridized carbons (Fsp3) is 0.174. The largest absolute Gasteiger partial charge is 0.491 e. The molecule has 0 fully saturated rings. The summed E-state index contributed by atoms with van der Waals surface area (Å²) in [5, 5.41) is 18.1. The first-order valence-electron chi connectivity index (χ1n) is 9.40. The average Bonchev–Trinajstić information content (AvgIpc) is 3.16. The van der Waals surface area contributed by atoms with E-state index in [-0.39, 0.29) is 12.4 Å². The molecule has 1 heterocycles. The Labute approximate surface area is 167 Å². The minimum atomic E-state index is -0.618. The second-order valence-electron chi connectivity index (χ2n) is 6.78. The van der Waals surface area contributed by atoms with E-state index >= 15 is 0 Å². The van der Waals surface area contributed by atoms with Gasteiger partial charge in [0, 0.05) is 30.1 Å². The van der Waals surface area contributed by atoms with Gasteiger partial charge in [0.2, 0.25) is 0 Å². The van der Waals surface area contributed by atoms with Crippen molar-refractivity contribution < 1.29 is 18.8 Å². The van der Waals surface area contributed by atoms with Crippen molar-refractivity contribution in [3.8, 4) is 17.0 Å². The predicted molar refractivity (Wildman–Crippen MR) is 109 cm³/mol. The van der Waals surface area contributed by atoms with Crippen molar-refractivity contribution in [3.63, 3.8) is 0 Å². The number of aliphatic hydroxyl groups excluding tert-OH is 1. The van der Waals surface area contributed by atoms with Crippen LogP contribution < -0.4 is 10.1 Å². The maximum absolute atomic E-state index is 13.3. The number of hydrogen-bond donors (Lipinski definition) is 2. The van der Waals surface area contributed by atoms with E-state index in [2.05, 4.69) is 10.5 Å². The van der Waals surface area contributed by atoms with Crippen molar-refractivity contribution in [2.75, 3.05) is 13.2 Å². The van der Waals surface area contributed by atoms with Crippen LogP contribution >= 0.6 is 0 Å². The molecule has 4 aromatic rings. The molecule has 0 saturated carbocycles. The van der Waals surface area contributed by atoms with Gasteiger partial charge in [0.25, 0.3) is 0 Å². The fourth-order valence-corrected chi connectivity index (χ4v) is 3.06. The van der Waals surface area contributed by atoms with Crippen molar-refractivity contribution in [1.29, 1.82) is 0 Å². The number of fused-ring (bicyclic) bond motifs is 1. The normalized spacial score (nSPS) is 12.2. The molecule has 1 atom stereocenters. The second kappa shape index (κ2) is 8.86. The number of halogens is 1. The number of nitrogens with zero attached hydrogens (tertiary/aromatic N) is 1. The number of hydrogen-bond acceptors (Lipinski definition) is 5. The molecule has 0 saturated heterocycles. The summed E-state index contributed by atoms with van der Waals surface area (Å²) >= 11 is 0. The van der Waals surface area contributed by atoms with Gasteiger partial charge in [-0.15, -0.1) is 0 Å². The van der Waals surface area contributed by atoms with E-state index in [0.717, 1.165) is 10.9 Å². The first-order chi connectivity index (χ1) is 14.2. The third-order valence-electron chi connectivity index (χ3n) is 4.56. The molecule has 0 spiro atoms. The average molecular weight is 392 g/mol. The van der Waals surface area contributed by atoms with Gasteiger partial charge < -0.3 is 19.7 Å². The molecule has 0 bridgehead atoms. The summed E-state index contributed by atoms with van der Waals surface area (Å²) in [6.07, 6.45) is -0.618. The molecule has 0 aliphatic carbocycles. The van der Waals surface area contributed by atoms with Crippen LogP contribution in [0.2, 0.25) is 0 Å². The highest BCUT2D eigenvalue weighted by molar-refractivity contribution is 5.91. The number of aliphatic hydroxyl groups is 1. The summed E-state index contributed by atoms with van der Waals surface area (Å²) in [5.41, 5.74) is 3.07. The third kappa shape index (κ3) is 4.80. The standard InChI is InChI=1S/C23H21FN2O3/c24-18-8-11-21-22(12-18)29-26-23(21)17-6-9-20(10-7-17)28-15-19(27)14-25-13-16-4-2-1-3-5-16/h1-12,19,25,27H,13-15H2/t19-/m1/s1. The first-order valence-corrected chi connectivity index (χ1v) is 9.40. The quantitative estimate of drug-likeness (QED) is 0.471. The summed E-state index contributed by atoms with van der Waals surface area (Å²) < 4.78 is 24.2. The van der Waals surface area contributed by atoms with Gasteiger partial charge in [0.15, 0.2) is 5.58 Å². The smallest absolute Gasteiger partial charge is 0.170 e. The highest BCUT2D eigenvalue weighted by Crippen LogP contribution is 2.29. The maximum atomic E-state index is 13.3. The van der Waals surface area contributed by atoms with Gasteiger partial charge in [-0.2, -0.15) is 0 Å². The number of benzene rings is 3. The summed E-state index contributed by atoms with van der Waals surface area (Å²) in [7, 11) is 0. The van der Waals surface area contributed by atoms with E-state index in [1.54, 1.807) is 6.07 Å². The Balaban J connectivity index is 1.30. The summed E-state index contributed by atoms with van der Waals surface area (Å²) in [4.78, 5) is 0. The maximum Gasteiger partial charge on any atom is 0.170 e. The molecule has 0 unspecified atom stereocenters. The molecular formula is C23H21FN2O3. The lowest BCUT2D eigenvalue weighted by atomic mass is 10.1. The Morgan fingerprint density at radius 2 is 1.83 bits per heavy atom. The van der Waals surface area contributed by atoms with Gasteiger partial charge >= 0.3 is 0 Å². The van der Waals surface area contributed by atoms with Gasteiger partial charge in [-0.3, -0.25) is 0 Å². The van der Waals surface area contributed by atoms with Crippen LogP contribution in [0.4, 0.5) is 4.39 Å². The molecule has 3 aromatic carbocycles. The van der Waals surface area contributed by atoms with Crippen LogP contribution in [-0.4, -0.2) is 29.5 Å². The molecule has 148 valence electrons. The molecular weight excluding hydrogens is 371 g/mol. The van der Waals surface area contributed by atoms with Gasteiger partial charge in [-0.1, -0.05) is 35.5 Å². The van der Waals surface area contributed by atoms with Gasteiger partial charge in [0.05, 0.1) is 0 Å². The Morgan fingerprint density at radius 3 is 2.62 bits per heavy atom. The van der Waals surface area contributed by atoms with E-state index in [1.807, 2.05) is 54.6 Å². The first kappa shape index (κ1) is 19.1. The number of rotatable bonds is 8. The molecule has 6 heteroatoms. The summed E-state index contributed by atoms with van der Waals surface area (Å²) in [6.45, 7) is 1.32. The second-order valence-corrected chi connectivity index (χ2v) is 6.78. The highest BCUT2D eigenvalue weighted by atomic mass is 19.1. The molecule has 0 amide bonds. The SMILES string of the molecule is O[C@H](CNCc1ccccc1)COc1ccc(-c2noc3cc(F)ccc23)cc1.